The molecule has 6 heterocycles. The summed E-state index contributed by atoms with van der Waals surface area (Å²) in [5.74, 6) is 5.38. The van der Waals surface area contributed by atoms with E-state index in [-0.39, 0.29) is 0 Å². The number of fused-ring (bicyclic) bond motifs is 14. The zero-order valence-corrected chi connectivity index (χ0v) is 38.0. The van der Waals surface area contributed by atoms with Gasteiger partial charge in [0.1, 0.15) is 34.6 Å². The van der Waals surface area contributed by atoms with Gasteiger partial charge in [-0.25, -0.2) is 25.0 Å². The fourth-order valence-corrected chi connectivity index (χ4v) is 15.0. The van der Waals surface area contributed by atoms with Crippen molar-refractivity contribution >= 4 is 54.9 Å². The lowest BCUT2D eigenvalue weighted by atomic mass is 9.83. The highest BCUT2D eigenvalue weighted by Crippen LogP contribution is 2.46. The second-order valence-corrected chi connectivity index (χ2v) is 21.4. The summed E-state index contributed by atoms with van der Waals surface area (Å²) >= 11 is 0. The summed E-state index contributed by atoms with van der Waals surface area (Å²) in [6.07, 6.45) is 23.4. The maximum Gasteiger partial charge on any atom is 0.599 e. The van der Waals surface area contributed by atoms with E-state index < -0.39 is 15.0 Å². The molecule has 0 radical (unpaired) electrons. The van der Waals surface area contributed by atoms with Crippen LogP contribution in [0.15, 0.2) is 129 Å². The van der Waals surface area contributed by atoms with Crippen LogP contribution >= 0.6 is 0 Å². The van der Waals surface area contributed by atoms with E-state index >= 15 is 0 Å². The van der Waals surface area contributed by atoms with Crippen molar-refractivity contribution in [1.29, 1.82) is 0 Å². The van der Waals surface area contributed by atoms with Crippen molar-refractivity contribution in [1.82, 2.24) is 13.8 Å². The first kappa shape index (κ1) is 40.6. The van der Waals surface area contributed by atoms with E-state index in [1.807, 2.05) is 0 Å². The number of nitrogens with zero attached hydrogens (tertiary/aromatic N) is 7. The quantitative estimate of drug-likeness (QED) is 0.112. The van der Waals surface area contributed by atoms with Gasteiger partial charge in [-0.15, -0.1) is 0 Å². The van der Waals surface area contributed by atoms with Gasteiger partial charge in [-0.1, -0.05) is 86.0 Å². The van der Waals surface area contributed by atoms with Crippen LogP contribution in [0.1, 0.15) is 99.0 Å². The molecular formula is C52H56N8O4Si. The summed E-state index contributed by atoms with van der Waals surface area (Å²) in [6, 6.07) is 17.2. The SMILES string of the molecule is C=COCC1CCC(CO[Si]2(OCC3CCC(COC=C)CC3)N3C4=Nc5[nH]c(c6c5C=CCC6)N=c5c6ccccc6c(n52)=NC2=NC(=NC3c3ccccc34)C3=C2C=CCC3)CC1. The Kier molecular flexibility index (Phi) is 10.5. The molecule has 1 atom stereocenters. The van der Waals surface area contributed by atoms with E-state index in [1.165, 1.54) is 0 Å². The molecule has 2 aromatic heterocycles. The van der Waals surface area contributed by atoms with Crippen LogP contribution in [-0.4, -0.2) is 66.6 Å². The zero-order valence-electron chi connectivity index (χ0n) is 37.0. The molecule has 2 saturated carbocycles. The van der Waals surface area contributed by atoms with Gasteiger partial charge in [0.15, 0.2) is 11.7 Å². The van der Waals surface area contributed by atoms with E-state index in [9.17, 15) is 0 Å². The number of ether oxygens (including phenoxy) is 2. The molecule has 332 valence electrons. The molecule has 4 aromatic rings. The third kappa shape index (κ3) is 6.96. The predicted octanol–water partition coefficient (Wildman–Crippen LogP) is 9.63. The van der Waals surface area contributed by atoms with Crippen molar-refractivity contribution in [3.63, 3.8) is 0 Å². The molecule has 0 spiro atoms. The topological polar surface area (TPSA) is 123 Å². The van der Waals surface area contributed by atoms with Crippen molar-refractivity contribution in [2.75, 3.05) is 26.4 Å². The number of aromatic nitrogens is 2. The second-order valence-electron chi connectivity index (χ2n) is 18.8. The van der Waals surface area contributed by atoms with Crippen molar-refractivity contribution in [3.8, 4) is 0 Å². The Labute approximate surface area is 380 Å². The molecule has 12 rings (SSSR count). The first-order valence-corrected chi connectivity index (χ1v) is 25.6. The Morgan fingerprint density at radius 1 is 0.662 bits per heavy atom. The van der Waals surface area contributed by atoms with Gasteiger partial charge in [-0.2, -0.15) is 0 Å². The minimum Gasteiger partial charge on any atom is -0.502 e. The average molecular weight is 885 g/mol. The van der Waals surface area contributed by atoms with Gasteiger partial charge in [0, 0.05) is 57.4 Å². The molecular weight excluding hydrogens is 829 g/mol. The third-order valence-corrected chi connectivity index (χ3v) is 18.1. The Bertz CT molecular complexity index is 2870. The van der Waals surface area contributed by atoms with Gasteiger partial charge in [-0.3, -0.25) is 8.80 Å². The maximum atomic E-state index is 8.01. The van der Waals surface area contributed by atoms with Crippen LogP contribution in [0.25, 0.3) is 16.8 Å². The molecule has 1 unspecified atom stereocenters. The number of hydrogen-bond donors (Lipinski definition) is 1. The van der Waals surface area contributed by atoms with Crippen molar-refractivity contribution in [3.05, 3.63) is 137 Å². The lowest BCUT2D eigenvalue weighted by Crippen LogP contribution is -2.70. The number of allylic oxidation sites excluding steroid dienone is 2. The molecule has 13 heteroatoms. The number of hydrogen-bond acceptors (Lipinski definition) is 10. The molecule has 2 aromatic carbocycles. The molecule has 1 N–H and O–H groups in total. The van der Waals surface area contributed by atoms with Crippen LogP contribution in [0.4, 0.5) is 11.6 Å². The van der Waals surface area contributed by atoms with Gasteiger partial charge >= 0.3 is 8.88 Å². The summed E-state index contributed by atoms with van der Waals surface area (Å²) in [6.45, 7) is 10.0. The number of rotatable bonds is 12. The van der Waals surface area contributed by atoms with Crippen LogP contribution < -0.4 is 11.0 Å². The Hall–Kier alpha value is -5.89. The fraction of sp³-hybridized carbons (Fsp3) is 0.404. The third-order valence-electron chi connectivity index (χ3n) is 15.0. The number of aliphatic imine (C=N–C) groups is 3. The Balaban J connectivity index is 1.13. The number of nitrogens with one attached hydrogen (secondary N) is 1. The number of aromatic amines is 1. The van der Waals surface area contributed by atoms with Crippen LogP contribution in [0.5, 0.6) is 0 Å². The standard InChI is InChI=1S/C52H56N8O4Si/c1-3-61-29-33-21-25-35(26-22-33)31-63-65(64-32-36-27-23-34(24-28-36)30-62-4-2)59-49-41-17-9-10-18-42(41)51(59)57-47-39-15-7-8-16-40(39)48(54-47)58-52-44-20-12-11-19-43(44)50(60(52)65)56-46-38-14-6-5-13-37(38)45(53-46)55-49/h3-5,8-13,16-20,33-36,50,54H,1-2,6-7,14-15,21-32H2. The van der Waals surface area contributed by atoms with E-state index in [1.54, 1.807) is 12.5 Å². The van der Waals surface area contributed by atoms with E-state index in [4.69, 9.17) is 43.3 Å². The lowest BCUT2D eigenvalue weighted by Gasteiger charge is -2.43. The van der Waals surface area contributed by atoms with E-state index in [0.717, 1.165) is 156 Å². The van der Waals surface area contributed by atoms with Crippen LogP contribution in [-0.2, 0) is 24.7 Å². The van der Waals surface area contributed by atoms with E-state index in [0.29, 0.717) is 55.9 Å². The molecule has 65 heavy (non-hydrogen) atoms. The van der Waals surface area contributed by atoms with Gasteiger partial charge in [0.2, 0.25) is 0 Å². The van der Waals surface area contributed by atoms with E-state index in [2.05, 4.69) is 99.8 Å². The first-order chi connectivity index (χ1) is 32.1. The highest BCUT2D eigenvalue weighted by molar-refractivity contribution is 6.66. The van der Waals surface area contributed by atoms with Gasteiger partial charge in [0.25, 0.3) is 0 Å². The molecule has 4 aliphatic carbocycles. The van der Waals surface area contributed by atoms with Crippen LogP contribution in [0.2, 0.25) is 0 Å². The minimum atomic E-state index is -4.12. The normalized spacial score (nSPS) is 27.0. The van der Waals surface area contributed by atoms with Gasteiger partial charge in [0.05, 0.1) is 25.7 Å². The lowest BCUT2D eigenvalue weighted by molar-refractivity contribution is 0.0540. The fourth-order valence-electron chi connectivity index (χ4n) is 11.5. The van der Waals surface area contributed by atoms with Crippen LogP contribution in [0, 0.1) is 23.7 Å². The number of amidine groups is 3. The van der Waals surface area contributed by atoms with Gasteiger partial charge in [-0.05, 0) is 101 Å². The zero-order chi connectivity index (χ0) is 43.5. The Morgan fingerprint density at radius 2 is 1.28 bits per heavy atom. The molecule has 0 amide bonds. The second kappa shape index (κ2) is 16.8. The highest BCUT2D eigenvalue weighted by Gasteiger charge is 2.60. The highest BCUT2D eigenvalue weighted by atomic mass is 28.4. The minimum absolute atomic E-state index is 0.313. The largest absolute Gasteiger partial charge is 0.599 e. The number of benzene rings is 2. The molecule has 12 nitrogen and oxygen atoms in total. The monoisotopic (exact) mass is 884 g/mol. The summed E-state index contributed by atoms with van der Waals surface area (Å²) in [5, 5.41) is 1.96. The molecule has 0 saturated heterocycles. The average Bonchev–Trinajstić information content (AvgIpc) is 4.07. The Morgan fingerprint density at radius 3 is 1.97 bits per heavy atom. The maximum absolute atomic E-state index is 8.01. The molecule has 6 bridgehead atoms. The smallest absolute Gasteiger partial charge is 0.502 e. The molecule has 8 aliphatic rings. The number of H-pyrrole nitrogens is 1. The summed E-state index contributed by atoms with van der Waals surface area (Å²) in [4.78, 5) is 32.0. The van der Waals surface area contributed by atoms with Crippen molar-refractivity contribution in [2.24, 2.45) is 48.6 Å². The molecule has 2 fully saturated rings. The predicted molar refractivity (Wildman–Crippen MR) is 256 cm³/mol. The first-order valence-electron chi connectivity index (χ1n) is 23.9. The summed E-state index contributed by atoms with van der Waals surface area (Å²) in [7, 11) is -4.12. The summed E-state index contributed by atoms with van der Waals surface area (Å²) < 4.78 is 32.1. The van der Waals surface area contributed by atoms with Crippen molar-refractivity contribution < 1.29 is 18.3 Å². The molecule has 4 aliphatic heterocycles. The van der Waals surface area contributed by atoms with Gasteiger partial charge < -0.3 is 23.3 Å². The van der Waals surface area contributed by atoms with Crippen LogP contribution in [0.3, 0.4) is 0 Å². The summed E-state index contributed by atoms with van der Waals surface area (Å²) in [5.41, 5.74) is 7.96. The van der Waals surface area contributed by atoms with Crippen molar-refractivity contribution in [2.45, 2.75) is 83.2 Å².